The van der Waals surface area contributed by atoms with E-state index in [1.807, 2.05) is 83.4 Å². The molecule has 0 aliphatic rings. The molecule has 4 rings (SSSR count). The highest BCUT2D eigenvalue weighted by atomic mass is 79.9. The first-order valence-corrected chi connectivity index (χ1v) is 11.7. The zero-order chi connectivity index (χ0) is 22.3. The van der Waals surface area contributed by atoms with Crippen LogP contribution in [0.15, 0.2) is 93.6 Å². The van der Waals surface area contributed by atoms with Crippen molar-refractivity contribution in [2.24, 2.45) is 5.10 Å². The number of halogens is 2. The third kappa shape index (κ3) is 5.64. The molecular weight excluding hydrogens is 510 g/mol. The normalized spacial score (nSPS) is 11.1. The van der Waals surface area contributed by atoms with E-state index in [4.69, 9.17) is 11.6 Å². The Labute approximate surface area is 202 Å². The van der Waals surface area contributed by atoms with Gasteiger partial charge in [0.15, 0.2) is 11.0 Å². The van der Waals surface area contributed by atoms with Gasteiger partial charge >= 0.3 is 0 Å². The van der Waals surface area contributed by atoms with E-state index in [0.717, 1.165) is 21.3 Å². The number of amides is 1. The fraction of sp³-hybridized carbons (Fsp3) is 0.0435. The smallest absolute Gasteiger partial charge is 0.250 e. The van der Waals surface area contributed by atoms with Gasteiger partial charge in [0.05, 0.1) is 12.0 Å². The molecule has 0 spiro atoms. The highest BCUT2D eigenvalue weighted by Crippen LogP contribution is 2.28. The standard InChI is InChI=1S/C23H17BrClN5OS/c24-18-6-4-5-16(13-18)14-26-27-21(31)15-32-23-29-28-22(17-9-11-19(25)12-10-17)30(23)20-7-2-1-3-8-20/h1-14H,15H2,(H,27,31)/b26-14+. The molecule has 1 N–H and O–H groups in total. The Morgan fingerprint density at radius 3 is 2.59 bits per heavy atom. The van der Waals surface area contributed by atoms with Crippen molar-refractivity contribution in [3.8, 4) is 17.1 Å². The minimum absolute atomic E-state index is 0.140. The first-order chi connectivity index (χ1) is 15.6. The van der Waals surface area contributed by atoms with E-state index in [9.17, 15) is 4.79 Å². The van der Waals surface area contributed by atoms with Crippen molar-refractivity contribution < 1.29 is 4.79 Å². The molecule has 32 heavy (non-hydrogen) atoms. The Hall–Kier alpha value is -2.94. The number of hydrazone groups is 1. The molecule has 0 fully saturated rings. The van der Waals surface area contributed by atoms with Gasteiger partial charge in [-0.2, -0.15) is 5.10 Å². The number of hydrogen-bond donors (Lipinski definition) is 1. The van der Waals surface area contributed by atoms with Crippen molar-refractivity contribution in [2.75, 3.05) is 5.75 Å². The minimum Gasteiger partial charge on any atom is -0.272 e. The van der Waals surface area contributed by atoms with Gasteiger partial charge in [-0.3, -0.25) is 9.36 Å². The molecule has 4 aromatic rings. The van der Waals surface area contributed by atoms with E-state index < -0.39 is 0 Å². The molecule has 0 saturated carbocycles. The lowest BCUT2D eigenvalue weighted by Gasteiger charge is -2.10. The molecule has 1 amide bonds. The number of rotatable bonds is 7. The molecule has 1 heterocycles. The van der Waals surface area contributed by atoms with Crippen LogP contribution in [0.3, 0.4) is 0 Å². The summed E-state index contributed by atoms with van der Waals surface area (Å²) in [6, 6.07) is 24.8. The maximum atomic E-state index is 12.3. The molecule has 9 heteroatoms. The van der Waals surface area contributed by atoms with Crippen LogP contribution in [0.2, 0.25) is 5.02 Å². The molecule has 3 aromatic carbocycles. The predicted molar refractivity (Wildman–Crippen MR) is 132 cm³/mol. The summed E-state index contributed by atoms with van der Waals surface area (Å²) in [7, 11) is 0. The van der Waals surface area contributed by atoms with Crippen LogP contribution < -0.4 is 5.43 Å². The van der Waals surface area contributed by atoms with Gasteiger partial charge in [-0.1, -0.05) is 69.6 Å². The summed E-state index contributed by atoms with van der Waals surface area (Å²) in [4.78, 5) is 12.3. The van der Waals surface area contributed by atoms with Crippen molar-refractivity contribution in [2.45, 2.75) is 5.16 Å². The van der Waals surface area contributed by atoms with Crippen molar-refractivity contribution in [1.29, 1.82) is 0 Å². The van der Waals surface area contributed by atoms with Crippen LogP contribution in [0.1, 0.15) is 5.56 Å². The lowest BCUT2D eigenvalue weighted by Crippen LogP contribution is -2.20. The van der Waals surface area contributed by atoms with Crippen molar-refractivity contribution >= 4 is 51.4 Å². The van der Waals surface area contributed by atoms with Crippen LogP contribution in [0, 0.1) is 0 Å². The van der Waals surface area contributed by atoms with Gasteiger partial charge in [0.25, 0.3) is 5.91 Å². The number of aromatic nitrogens is 3. The summed E-state index contributed by atoms with van der Waals surface area (Å²) in [6.45, 7) is 0. The predicted octanol–water partition coefficient (Wildman–Crippen LogP) is 5.59. The second-order valence-corrected chi connectivity index (χ2v) is 8.92. The Kier molecular flexibility index (Phi) is 7.36. The minimum atomic E-state index is -0.239. The molecule has 160 valence electrons. The van der Waals surface area contributed by atoms with E-state index in [1.165, 1.54) is 11.8 Å². The molecule has 0 atom stereocenters. The zero-order valence-electron chi connectivity index (χ0n) is 16.7. The largest absolute Gasteiger partial charge is 0.272 e. The van der Waals surface area contributed by atoms with Gasteiger partial charge in [0, 0.05) is 20.7 Å². The average molecular weight is 527 g/mol. The maximum Gasteiger partial charge on any atom is 0.250 e. The first-order valence-electron chi connectivity index (χ1n) is 9.57. The molecule has 0 aliphatic carbocycles. The number of benzene rings is 3. The fourth-order valence-corrected chi connectivity index (χ4v) is 4.17. The monoisotopic (exact) mass is 525 g/mol. The van der Waals surface area contributed by atoms with Gasteiger partial charge in [0.1, 0.15) is 0 Å². The molecule has 0 radical (unpaired) electrons. The Morgan fingerprint density at radius 2 is 1.84 bits per heavy atom. The van der Waals surface area contributed by atoms with E-state index in [2.05, 4.69) is 36.7 Å². The van der Waals surface area contributed by atoms with Crippen LogP contribution >= 0.6 is 39.3 Å². The molecular formula is C23H17BrClN5OS. The molecule has 0 unspecified atom stereocenters. The summed E-state index contributed by atoms with van der Waals surface area (Å²) in [5.74, 6) is 0.571. The number of carbonyl (C=O) groups excluding carboxylic acids is 1. The summed E-state index contributed by atoms with van der Waals surface area (Å²) < 4.78 is 2.87. The number of nitrogens with one attached hydrogen (secondary N) is 1. The van der Waals surface area contributed by atoms with E-state index in [-0.39, 0.29) is 11.7 Å². The molecule has 6 nitrogen and oxygen atoms in total. The molecule has 0 saturated heterocycles. The van der Waals surface area contributed by atoms with Crippen LogP contribution in [0.5, 0.6) is 0 Å². The highest BCUT2D eigenvalue weighted by Gasteiger charge is 2.17. The summed E-state index contributed by atoms with van der Waals surface area (Å²) in [5, 5.41) is 14.0. The number of thioether (sulfide) groups is 1. The second-order valence-electron chi connectivity index (χ2n) is 6.62. The van der Waals surface area contributed by atoms with Gasteiger partial charge in [0.2, 0.25) is 0 Å². The van der Waals surface area contributed by atoms with Crippen molar-refractivity contribution in [3.63, 3.8) is 0 Å². The second kappa shape index (κ2) is 10.6. The molecule has 0 bridgehead atoms. The number of nitrogens with zero attached hydrogens (tertiary/aromatic N) is 4. The molecule has 0 aliphatic heterocycles. The Morgan fingerprint density at radius 1 is 1.06 bits per heavy atom. The average Bonchev–Trinajstić information content (AvgIpc) is 3.23. The topological polar surface area (TPSA) is 72.2 Å². The number of carbonyl (C=O) groups is 1. The van der Waals surface area contributed by atoms with Crippen molar-refractivity contribution in [1.82, 2.24) is 20.2 Å². The first kappa shape index (κ1) is 22.3. The Bertz CT molecular complexity index is 1240. The van der Waals surface area contributed by atoms with Crippen LogP contribution in [0.4, 0.5) is 0 Å². The molecule has 1 aromatic heterocycles. The van der Waals surface area contributed by atoms with Crippen LogP contribution in [-0.2, 0) is 4.79 Å². The van der Waals surface area contributed by atoms with E-state index >= 15 is 0 Å². The lowest BCUT2D eigenvalue weighted by molar-refractivity contribution is -0.118. The van der Waals surface area contributed by atoms with E-state index in [1.54, 1.807) is 6.21 Å². The van der Waals surface area contributed by atoms with Crippen molar-refractivity contribution in [3.05, 3.63) is 93.9 Å². The third-order valence-corrected chi connectivity index (χ3v) is 6.01. The maximum absolute atomic E-state index is 12.3. The lowest BCUT2D eigenvalue weighted by atomic mass is 10.2. The Balaban J connectivity index is 1.49. The quantitative estimate of drug-likeness (QED) is 0.193. The zero-order valence-corrected chi connectivity index (χ0v) is 19.8. The van der Waals surface area contributed by atoms with Gasteiger partial charge < -0.3 is 0 Å². The number of hydrogen-bond acceptors (Lipinski definition) is 5. The fourth-order valence-electron chi connectivity index (χ4n) is 2.89. The van der Waals surface area contributed by atoms with Crippen LogP contribution in [-0.4, -0.2) is 32.6 Å². The number of para-hydroxylation sites is 1. The van der Waals surface area contributed by atoms with Gasteiger partial charge in [-0.15, -0.1) is 10.2 Å². The van der Waals surface area contributed by atoms with Gasteiger partial charge in [-0.25, -0.2) is 5.43 Å². The van der Waals surface area contributed by atoms with Crippen LogP contribution in [0.25, 0.3) is 17.1 Å². The summed E-state index contributed by atoms with van der Waals surface area (Å²) in [5.41, 5.74) is 5.20. The summed E-state index contributed by atoms with van der Waals surface area (Å²) in [6.07, 6.45) is 1.60. The van der Waals surface area contributed by atoms with E-state index in [0.29, 0.717) is 16.0 Å². The highest BCUT2D eigenvalue weighted by molar-refractivity contribution is 9.10. The van der Waals surface area contributed by atoms with Gasteiger partial charge in [-0.05, 0) is 54.1 Å². The SMILES string of the molecule is O=C(CSc1nnc(-c2ccc(Cl)cc2)n1-c1ccccc1)N/N=C/c1cccc(Br)c1. The third-order valence-electron chi connectivity index (χ3n) is 4.33. The summed E-state index contributed by atoms with van der Waals surface area (Å²) >= 11 is 10.7.